The lowest BCUT2D eigenvalue weighted by Gasteiger charge is -2.32. The summed E-state index contributed by atoms with van der Waals surface area (Å²) in [5.74, 6) is 1.11. The highest BCUT2D eigenvalue weighted by atomic mass is 16.5. The molecule has 1 N–H and O–H groups in total. The fourth-order valence-electron chi connectivity index (χ4n) is 3.64. The van der Waals surface area contributed by atoms with Crippen LogP contribution in [0.15, 0.2) is 48.5 Å². The maximum absolute atomic E-state index is 12.6. The third-order valence-electron chi connectivity index (χ3n) is 5.52. The van der Waals surface area contributed by atoms with Crippen molar-refractivity contribution < 1.29 is 9.53 Å². The topological polar surface area (TPSA) is 41.6 Å². The van der Waals surface area contributed by atoms with Crippen LogP contribution in [0.3, 0.4) is 0 Å². The van der Waals surface area contributed by atoms with E-state index >= 15 is 0 Å². The summed E-state index contributed by atoms with van der Waals surface area (Å²) in [6.45, 7) is 9.62. The average Bonchev–Trinajstić information content (AvgIpc) is 2.70. The summed E-state index contributed by atoms with van der Waals surface area (Å²) in [6, 6.07) is 16.5. The quantitative estimate of drug-likeness (QED) is 0.786. The second-order valence-corrected chi connectivity index (χ2v) is 8.01. The number of rotatable bonds is 7. The summed E-state index contributed by atoms with van der Waals surface area (Å²) < 4.78 is 5.78. The molecule has 0 radical (unpaired) electrons. The molecule has 1 aliphatic rings. The lowest BCUT2D eigenvalue weighted by Crippen LogP contribution is -2.44. The van der Waals surface area contributed by atoms with E-state index in [1.54, 1.807) is 0 Å². The zero-order valence-corrected chi connectivity index (χ0v) is 17.3. The van der Waals surface area contributed by atoms with Crippen LogP contribution in [0.5, 0.6) is 5.75 Å². The zero-order valence-electron chi connectivity index (χ0n) is 17.3. The summed E-state index contributed by atoms with van der Waals surface area (Å²) in [5.41, 5.74) is 3.93. The molecule has 1 aliphatic heterocycles. The van der Waals surface area contributed by atoms with Crippen molar-refractivity contribution in [1.29, 1.82) is 0 Å². The number of hydrogen-bond donors (Lipinski definition) is 1. The molecule has 1 amide bonds. The highest BCUT2D eigenvalue weighted by Crippen LogP contribution is 2.20. The van der Waals surface area contributed by atoms with Gasteiger partial charge in [-0.05, 0) is 70.0 Å². The van der Waals surface area contributed by atoms with E-state index in [4.69, 9.17) is 4.74 Å². The molecule has 1 saturated heterocycles. The van der Waals surface area contributed by atoms with Crippen LogP contribution in [0.1, 0.15) is 36.5 Å². The standard InChI is InChI=1S/C24H32N2O2/c1-18-8-10-23(11-9-18)28-17-20(3)25-24(27)21-12-14-26(15-13-21)16-22-7-5-4-6-19(22)2/h4-11,20-21H,12-17H2,1-3H3,(H,25,27)/t20-/m0/s1. The fourth-order valence-corrected chi connectivity index (χ4v) is 3.64. The van der Waals surface area contributed by atoms with Crippen LogP contribution in [-0.2, 0) is 11.3 Å². The molecule has 2 aromatic carbocycles. The van der Waals surface area contributed by atoms with Crippen molar-refractivity contribution in [2.24, 2.45) is 5.92 Å². The number of aryl methyl sites for hydroxylation is 2. The van der Waals surface area contributed by atoms with Gasteiger partial charge < -0.3 is 10.1 Å². The van der Waals surface area contributed by atoms with Gasteiger partial charge in [0.15, 0.2) is 0 Å². The van der Waals surface area contributed by atoms with Gasteiger partial charge in [-0.15, -0.1) is 0 Å². The molecule has 0 aliphatic carbocycles. The number of benzene rings is 2. The molecule has 4 nitrogen and oxygen atoms in total. The Kier molecular flexibility index (Phi) is 7.10. The van der Waals surface area contributed by atoms with Crippen LogP contribution in [0.25, 0.3) is 0 Å². The van der Waals surface area contributed by atoms with Gasteiger partial charge in [-0.1, -0.05) is 42.0 Å². The summed E-state index contributed by atoms with van der Waals surface area (Å²) in [7, 11) is 0. The molecule has 0 unspecified atom stereocenters. The van der Waals surface area contributed by atoms with E-state index in [0.29, 0.717) is 6.61 Å². The van der Waals surface area contributed by atoms with Gasteiger partial charge >= 0.3 is 0 Å². The third kappa shape index (κ3) is 5.83. The Morgan fingerprint density at radius 3 is 2.46 bits per heavy atom. The van der Waals surface area contributed by atoms with Crippen LogP contribution in [0.4, 0.5) is 0 Å². The Morgan fingerprint density at radius 2 is 1.79 bits per heavy atom. The van der Waals surface area contributed by atoms with Crippen LogP contribution in [0, 0.1) is 19.8 Å². The number of hydrogen-bond acceptors (Lipinski definition) is 3. The average molecular weight is 381 g/mol. The van der Waals surface area contributed by atoms with Gasteiger partial charge in [0, 0.05) is 12.5 Å². The van der Waals surface area contributed by atoms with Gasteiger partial charge in [0.1, 0.15) is 12.4 Å². The van der Waals surface area contributed by atoms with Gasteiger partial charge in [0.2, 0.25) is 5.91 Å². The lowest BCUT2D eigenvalue weighted by atomic mass is 9.95. The Hall–Kier alpha value is -2.33. The van der Waals surface area contributed by atoms with Gasteiger partial charge in [0.25, 0.3) is 0 Å². The van der Waals surface area contributed by atoms with Crippen molar-refractivity contribution in [3.05, 3.63) is 65.2 Å². The Bertz CT molecular complexity index is 764. The molecule has 2 aromatic rings. The maximum atomic E-state index is 12.6. The Morgan fingerprint density at radius 1 is 1.11 bits per heavy atom. The largest absolute Gasteiger partial charge is 0.491 e. The molecule has 1 atom stereocenters. The van der Waals surface area contributed by atoms with Crippen LogP contribution in [-0.4, -0.2) is 36.5 Å². The Balaban J connectivity index is 1.39. The third-order valence-corrected chi connectivity index (χ3v) is 5.52. The summed E-state index contributed by atoms with van der Waals surface area (Å²) in [5, 5.41) is 3.12. The number of nitrogens with zero attached hydrogens (tertiary/aromatic N) is 1. The van der Waals surface area contributed by atoms with E-state index in [2.05, 4.69) is 48.3 Å². The minimum Gasteiger partial charge on any atom is -0.491 e. The molecule has 3 rings (SSSR count). The second-order valence-electron chi connectivity index (χ2n) is 8.01. The van der Waals surface area contributed by atoms with Gasteiger partial charge in [-0.25, -0.2) is 0 Å². The maximum Gasteiger partial charge on any atom is 0.223 e. The number of carbonyl (C=O) groups is 1. The van der Waals surface area contributed by atoms with Crippen molar-refractivity contribution in [2.45, 2.75) is 46.2 Å². The molecule has 1 fully saturated rings. The van der Waals surface area contributed by atoms with Crippen LogP contribution in [0.2, 0.25) is 0 Å². The van der Waals surface area contributed by atoms with Gasteiger partial charge in [-0.3, -0.25) is 9.69 Å². The highest BCUT2D eigenvalue weighted by molar-refractivity contribution is 5.79. The first-order valence-corrected chi connectivity index (χ1v) is 10.3. The van der Waals surface area contributed by atoms with Gasteiger partial charge in [-0.2, -0.15) is 0 Å². The van der Waals surface area contributed by atoms with Crippen molar-refractivity contribution in [2.75, 3.05) is 19.7 Å². The SMILES string of the molecule is Cc1ccc(OC[C@H](C)NC(=O)C2CCN(Cc3ccccc3C)CC2)cc1. The van der Waals surface area contributed by atoms with E-state index < -0.39 is 0 Å². The number of likely N-dealkylation sites (tertiary alicyclic amines) is 1. The van der Waals surface area contributed by atoms with E-state index in [-0.39, 0.29) is 17.9 Å². The molecule has 0 aromatic heterocycles. The van der Waals surface area contributed by atoms with Crippen LogP contribution < -0.4 is 10.1 Å². The van der Waals surface area contributed by atoms with Crippen molar-refractivity contribution in [3.8, 4) is 5.75 Å². The van der Waals surface area contributed by atoms with E-state index in [1.807, 2.05) is 31.2 Å². The minimum atomic E-state index is -0.00111. The Labute approximate surface area is 168 Å². The molecular weight excluding hydrogens is 348 g/mol. The molecular formula is C24H32N2O2. The zero-order chi connectivity index (χ0) is 19.9. The van der Waals surface area contributed by atoms with Crippen LogP contribution >= 0.6 is 0 Å². The first kappa shape index (κ1) is 20.4. The number of carbonyl (C=O) groups excluding carboxylic acids is 1. The molecule has 150 valence electrons. The van der Waals surface area contributed by atoms with Crippen molar-refractivity contribution in [1.82, 2.24) is 10.2 Å². The predicted octanol–water partition coefficient (Wildman–Crippen LogP) is 4.10. The molecule has 0 saturated carbocycles. The minimum absolute atomic E-state index is 0.00111. The summed E-state index contributed by atoms with van der Waals surface area (Å²) in [4.78, 5) is 15.1. The highest BCUT2D eigenvalue weighted by Gasteiger charge is 2.26. The molecule has 28 heavy (non-hydrogen) atoms. The fraction of sp³-hybridized carbons (Fsp3) is 0.458. The van der Waals surface area contributed by atoms with E-state index in [0.717, 1.165) is 38.2 Å². The number of piperidine rings is 1. The molecule has 1 heterocycles. The number of nitrogens with one attached hydrogen (secondary N) is 1. The predicted molar refractivity (Wildman–Crippen MR) is 113 cm³/mol. The summed E-state index contributed by atoms with van der Waals surface area (Å²) in [6.07, 6.45) is 1.84. The summed E-state index contributed by atoms with van der Waals surface area (Å²) >= 11 is 0. The number of ether oxygens (including phenoxy) is 1. The van der Waals surface area contributed by atoms with Gasteiger partial charge in [0.05, 0.1) is 6.04 Å². The van der Waals surface area contributed by atoms with E-state index in [9.17, 15) is 4.79 Å². The first-order valence-electron chi connectivity index (χ1n) is 10.3. The second kappa shape index (κ2) is 9.74. The lowest BCUT2D eigenvalue weighted by molar-refractivity contribution is -0.127. The normalized spacial score (nSPS) is 16.5. The molecule has 0 bridgehead atoms. The smallest absolute Gasteiger partial charge is 0.223 e. The number of amides is 1. The molecule has 0 spiro atoms. The van der Waals surface area contributed by atoms with Crippen molar-refractivity contribution in [3.63, 3.8) is 0 Å². The first-order chi connectivity index (χ1) is 13.5. The van der Waals surface area contributed by atoms with Crippen molar-refractivity contribution >= 4 is 5.91 Å². The van der Waals surface area contributed by atoms with E-state index in [1.165, 1.54) is 16.7 Å². The monoisotopic (exact) mass is 380 g/mol. The molecule has 4 heteroatoms.